The van der Waals surface area contributed by atoms with Gasteiger partial charge in [0.15, 0.2) is 0 Å². The number of benzene rings is 2. The summed E-state index contributed by atoms with van der Waals surface area (Å²) in [5.41, 5.74) is 1.08. The molecule has 1 heterocycles. The van der Waals surface area contributed by atoms with Crippen LogP contribution >= 0.6 is 11.6 Å². The first-order valence-corrected chi connectivity index (χ1v) is 9.38. The van der Waals surface area contributed by atoms with Crippen molar-refractivity contribution in [2.75, 3.05) is 13.1 Å². The van der Waals surface area contributed by atoms with Crippen molar-refractivity contribution < 1.29 is 18.0 Å². The number of hydrogen-bond donors (Lipinski definition) is 1. The fourth-order valence-corrected chi connectivity index (χ4v) is 4.22. The molecule has 0 aromatic heterocycles. The fourth-order valence-electron chi connectivity index (χ4n) is 2.57. The van der Waals surface area contributed by atoms with E-state index in [0.717, 1.165) is 5.56 Å². The van der Waals surface area contributed by atoms with E-state index < -0.39 is 28.4 Å². The highest BCUT2D eigenvalue weighted by Gasteiger charge is 2.41. The van der Waals surface area contributed by atoms with E-state index in [4.69, 9.17) is 11.6 Å². The molecule has 0 bridgehead atoms. The zero-order chi connectivity index (χ0) is 18.0. The first kappa shape index (κ1) is 17.4. The van der Waals surface area contributed by atoms with Gasteiger partial charge < -0.3 is 5.32 Å². The van der Waals surface area contributed by atoms with Crippen LogP contribution in [-0.2, 0) is 21.2 Å². The second-order valence-corrected chi connectivity index (χ2v) is 7.81. The molecule has 0 spiro atoms. The van der Waals surface area contributed by atoms with Crippen LogP contribution in [0.2, 0.25) is 5.02 Å². The van der Waals surface area contributed by atoms with E-state index in [9.17, 15) is 18.0 Å². The van der Waals surface area contributed by atoms with Crippen molar-refractivity contribution in [2.45, 2.75) is 11.3 Å². The Kier molecular flexibility index (Phi) is 4.78. The monoisotopic (exact) mass is 378 g/mol. The SMILES string of the molecule is O=C(CN1C(=O)c2ccccc2S1(=O)=O)NCCc1ccc(Cl)cc1. The zero-order valence-electron chi connectivity index (χ0n) is 13.1. The van der Waals surface area contributed by atoms with Crippen LogP contribution in [0, 0.1) is 0 Å². The Morgan fingerprint density at radius 2 is 1.76 bits per heavy atom. The van der Waals surface area contributed by atoms with Gasteiger partial charge in [0.1, 0.15) is 11.4 Å². The molecule has 2 aromatic rings. The van der Waals surface area contributed by atoms with Crippen LogP contribution in [0.3, 0.4) is 0 Å². The number of carbonyl (C=O) groups is 2. The Bertz CT molecular complexity index is 926. The topological polar surface area (TPSA) is 83.6 Å². The van der Waals surface area contributed by atoms with E-state index in [0.29, 0.717) is 22.3 Å². The molecule has 8 heteroatoms. The van der Waals surface area contributed by atoms with Crippen molar-refractivity contribution in [3.8, 4) is 0 Å². The first-order valence-electron chi connectivity index (χ1n) is 7.57. The van der Waals surface area contributed by atoms with Crippen LogP contribution in [0.1, 0.15) is 15.9 Å². The minimum absolute atomic E-state index is 0.0611. The zero-order valence-corrected chi connectivity index (χ0v) is 14.7. The number of nitrogens with zero attached hydrogens (tertiary/aromatic N) is 1. The van der Waals surface area contributed by atoms with Crippen LogP contribution in [0.4, 0.5) is 0 Å². The van der Waals surface area contributed by atoms with Gasteiger partial charge in [0.05, 0.1) is 5.56 Å². The van der Waals surface area contributed by atoms with Gasteiger partial charge in [0.2, 0.25) is 5.91 Å². The standard InChI is InChI=1S/C17H15ClN2O4S/c18-13-7-5-12(6-8-13)9-10-19-16(21)11-20-17(22)14-3-1-2-4-15(14)25(20,23)24/h1-8H,9-11H2,(H,19,21). The molecule has 25 heavy (non-hydrogen) atoms. The average molecular weight is 379 g/mol. The lowest BCUT2D eigenvalue weighted by Crippen LogP contribution is -2.40. The Labute approximate surface area is 150 Å². The number of carbonyl (C=O) groups excluding carboxylic acids is 2. The van der Waals surface area contributed by atoms with E-state index in [-0.39, 0.29) is 10.5 Å². The summed E-state index contributed by atoms with van der Waals surface area (Å²) in [5.74, 6) is -1.21. The number of fused-ring (bicyclic) bond motifs is 1. The maximum absolute atomic E-state index is 12.4. The summed E-state index contributed by atoms with van der Waals surface area (Å²) in [5, 5.41) is 3.26. The highest BCUT2D eigenvalue weighted by Crippen LogP contribution is 2.29. The maximum atomic E-state index is 12.4. The van der Waals surface area contributed by atoms with Crippen molar-refractivity contribution in [1.29, 1.82) is 0 Å². The number of hydrogen-bond acceptors (Lipinski definition) is 4. The second kappa shape index (κ2) is 6.85. The van der Waals surface area contributed by atoms with Gasteiger partial charge in [-0.15, -0.1) is 0 Å². The maximum Gasteiger partial charge on any atom is 0.269 e. The minimum Gasteiger partial charge on any atom is -0.354 e. The van der Waals surface area contributed by atoms with Gasteiger partial charge >= 0.3 is 0 Å². The van der Waals surface area contributed by atoms with Crippen LogP contribution in [-0.4, -0.2) is 37.6 Å². The minimum atomic E-state index is -3.96. The highest BCUT2D eigenvalue weighted by molar-refractivity contribution is 7.90. The lowest BCUT2D eigenvalue weighted by molar-refractivity contribution is -0.121. The lowest BCUT2D eigenvalue weighted by atomic mass is 10.1. The average Bonchev–Trinajstić information content (AvgIpc) is 2.78. The molecule has 130 valence electrons. The molecule has 1 aliphatic rings. The van der Waals surface area contributed by atoms with Crippen molar-refractivity contribution in [3.63, 3.8) is 0 Å². The van der Waals surface area contributed by atoms with E-state index >= 15 is 0 Å². The summed E-state index contributed by atoms with van der Waals surface area (Å²) >= 11 is 5.81. The number of amides is 2. The van der Waals surface area contributed by atoms with Gasteiger partial charge in [-0.2, -0.15) is 0 Å². The van der Waals surface area contributed by atoms with Crippen molar-refractivity contribution in [3.05, 3.63) is 64.7 Å². The van der Waals surface area contributed by atoms with Crippen LogP contribution < -0.4 is 5.32 Å². The molecule has 6 nitrogen and oxygen atoms in total. The number of rotatable bonds is 5. The summed E-state index contributed by atoms with van der Waals surface area (Å²) in [4.78, 5) is 24.2. The Morgan fingerprint density at radius 1 is 1.08 bits per heavy atom. The van der Waals surface area contributed by atoms with Crippen molar-refractivity contribution in [2.24, 2.45) is 0 Å². The van der Waals surface area contributed by atoms with Gasteiger partial charge in [-0.25, -0.2) is 12.7 Å². The van der Waals surface area contributed by atoms with Crippen LogP contribution in [0.25, 0.3) is 0 Å². The third-order valence-electron chi connectivity index (χ3n) is 3.85. The summed E-state index contributed by atoms with van der Waals surface area (Å²) in [6.07, 6.45) is 0.573. The van der Waals surface area contributed by atoms with E-state index in [2.05, 4.69) is 5.32 Å². The smallest absolute Gasteiger partial charge is 0.269 e. The van der Waals surface area contributed by atoms with Gasteiger partial charge in [-0.1, -0.05) is 35.9 Å². The van der Waals surface area contributed by atoms with E-state index in [1.807, 2.05) is 12.1 Å². The molecule has 2 amide bonds. The summed E-state index contributed by atoms with van der Waals surface area (Å²) < 4.78 is 25.3. The Balaban J connectivity index is 1.60. The van der Waals surface area contributed by atoms with Crippen molar-refractivity contribution >= 4 is 33.4 Å². The van der Waals surface area contributed by atoms with E-state index in [1.54, 1.807) is 24.3 Å². The summed E-state index contributed by atoms with van der Waals surface area (Å²) in [7, 11) is -3.96. The molecule has 0 atom stereocenters. The molecule has 1 aliphatic heterocycles. The van der Waals surface area contributed by atoms with Crippen LogP contribution in [0.15, 0.2) is 53.4 Å². The van der Waals surface area contributed by atoms with E-state index in [1.165, 1.54) is 12.1 Å². The summed E-state index contributed by atoms with van der Waals surface area (Å²) in [6, 6.07) is 13.1. The van der Waals surface area contributed by atoms with Crippen molar-refractivity contribution in [1.82, 2.24) is 9.62 Å². The van der Waals surface area contributed by atoms with Gasteiger partial charge in [0.25, 0.3) is 15.9 Å². The molecular formula is C17H15ClN2O4S. The molecule has 2 aromatic carbocycles. The molecule has 3 rings (SSSR count). The third kappa shape index (κ3) is 3.52. The van der Waals surface area contributed by atoms with Crippen LogP contribution in [0.5, 0.6) is 0 Å². The lowest BCUT2D eigenvalue weighted by Gasteiger charge is -2.14. The Hall–Kier alpha value is -2.38. The highest BCUT2D eigenvalue weighted by atomic mass is 35.5. The van der Waals surface area contributed by atoms with Gasteiger partial charge in [-0.3, -0.25) is 9.59 Å². The molecule has 0 saturated heterocycles. The van der Waals surface area contributed by atoms with Gasteiger partial charge in [0, 0.05) is 11.6 Å². The molecule has 0 saturated carbocycles. The number of nitrogens with one attached hydrogen (secondary N) is 1. The molecule has 0 radical (unpaired) electrons. The number of sulfonamides is 1. The second-order valence-electron chi connectivity index (χ2n) is 5.54. The predicted molar refractivity (Wildman–Crippen MR) is 92.8 cm³/mol. The van der Waals surface area contributed by atoms with Gasteiger partial charge in [-0.05, 0) is 36.2 Å². The molecule has 0 aliphatic carbocycles. The largest absolute Gasteiger partial charge is 0.354 e. The molecule has 0 unspecified atom stereocenters. The first-order chi connectivity index (χ1) is 11.9. The molecule has 1 N–H and O–H groups in total. The molecule has 0 fully saturated rings. The Morgan fingerprint density at radius 3 is 2.44 bits per heavy atom. The normalized spacial score (nSPS) is 15.1. The molecular weight excluding hydrogens is 364 g/mol. The fraction of sp³-hybridized carbons (Fsp3) is 0.176. The third-order valence-corrected chi connectivity index (χ3v) is 5.89. The predicted octanol–water partition coefficient (Wildman–Crippen LogP) is 1.84. The number of halogens is 1. The summed E-state index contributed by atoms with van der Waals surface area (Å²) in [6.45, 7) is -0.202. The quantitative estimate of drug-likeness (QED) is 0.860.